The Hall–Kier alpha value is -1.84. The molecular formula is C23H32NO2+. The summed E-state index contributed by atoms with van der Waals surface area (Å²) in [4.78, 5) is 0. The number of nitrogens with two attached hydrogens (primary N) is 1. The monoisotopic (exact) mass is 354 g/mol. The molecule has 1 aliphatic heterocycles. The standard InChI is InChI=1S/C23H31NO2/c1-22(2)18-23(14-16-26-22,20-11-7-8-12-21(20)25-3)13-15-24-17-19-9-5-4-6-10-19/h4-12,24H,13-18H2,1-3H3/p+1/t23-/m1/s1. The second-order valence-electron chi connectivity index (χ2n) is 8.03. The molecule has 1 fully saturated rings. The number of methoxy groups -OCH3 is 1. The Morgan fingerprint density at radius 2 is 1.77 bits per heavy atom. The second-order valence-corrected chi connectivity index (χ2v) is 8.03. The highest BCUT2D eigenvalue weighted by molar-refractivity contribution is 5.40. The van der Waals surface area contributed by atoms with Crippen molar-refractivity contribution in [2.45, 2.75) is 50.7 Å². The van der Waals surface area contributed by atoms with E-state index in [2.05, 4.69) is 73.8 Å². The highest BCUT2D eigenvalue weighted by atomic mass is 16.5. The SMILES string of the molecule is COc1ccccc1[C@]1(CC[NH2+]Cc2ccccc2)CCOC(C)(C)C1. The number of hydrogen-bond acceptors (Lipinski definition) is 2. The predicted octanol–water partition coefficient (Wildman–Crippen LogP) is 3.68. The van der Waals surface area contributed by atoms with Crippen LogP contribution in [0.15, 0.2) is 54.6 Å². The summed E-state index contributed by atoms with van der Waals surface area (Å²) in [5.41, 5.74) is 2.73. The number of para-hydroxylation sites is 1. The van der Waals surface area contributed by atoms with Crippen LogP contribution in [-0.2, 0) is 16.7 Å². The second kappa shape index (κ2) is 8.24. The van der Waals surface area contributed by atoms with E-state index in [-0.39, 0.29) is 11.0 Å². The summed E-state index contributed by atoms with van der Waals surface area (Å²) >= 11 is 0. The normalized spacial score (nSPS) is 22.1. The average Bonchev–Trinajstić information content (AvgIpc) is 2.65. The third-order valence-corrected chi connectivity index (χ3v) is 5.57. The van der Waals surface area contributed by atoms with Gasteiger partial charge in [-0.1, -0.05) is 48.5 Å². The van der Waals surface area contributed by atoms with Crippen LogP contribution in [0, 0.1) is 0 Å². The van der Waals surface area contributed by atoms with Crippen molar-refractivity contribution in [1.82, 2.24) is 0 Å². The maximum absolute atomic E-state index is 6.04. The van der Waals surface area contributed by atoms with Crippen LogP contribution in [0.1, 0.15) is 44.2 Å². The van der Waals surface area contributed by atoms with Crippen LogP contribution in [0.25, 0.3) is 0 Å². The molecule has 3 heteroatoms. The molecule has 1 atom stereocenters. The Kier molecular flexibility index (Phi) is 6.00. The fourth-order valence-electron chi connectivity index (χ4n) is 4.40. The van der Waals surface area contributed by atoms with Crippen LogP contribution < -0.4 is 10.1 Å². The molecule has 0 unspecified atom stereocenters. The number of quaternary nitrogens is 1. The molecule has 1 saturated heterocycles. The van der Waals surface area contributed by atoms with E-state index in [4.69, 9.17) is 9.47 Å². The summed E-state index contributed by atoms with van der Waals surface area (Å²) < 4.78 is 11.8. The van der Waals surface area contributed by atoms with Gasteiger partial charge >= 0.3 is 0 Å². The predicted molar refractivity (Wildman–Crippen MR) is 105 cm³/mol. The molecule has 2 aromatic rings. The fraction of sp³-hybridized carbons (Fsp3) is 0.478. The molecule has 3 rings (SSSR count). The molecule has 0 saturated carbocycles. The van der Waals surface area contributed by atoms with Crippen molar-refractivity contribution in [2.75, 3.05) is 20.3 Å². The Bertz CT molecular complexity index is 698. The summed E-state index contributed by atoms with van der Waals surface area (Å²) in [6, 6.07) is 19.2. The zero-order valence-electron chi connectivity index (χ0n) is 16.3. The van der Waals surface area contributed by atoms with Gasteiger partial charge in [0.1, 0.15) is 12.3 Å². The Morgan fingerprint density at radius 1 is 1.04 bits per heavy atom. The van der Waals surface area contributed by atoms with Crippen molar-refractivity contribution >= 4 is 0 Å². The van der Waals surface area contributed by atoms with E-state index >= 15 is 0 Å². The van der Waals surface area contributed by atoms with E-state index in [1.165, 1.54) is 11.1 Å². The van der Waals surface area contributed by atoms with Gasteiger partial charge in [0, 0.05) is 29.6 Å². The lowest BCUT2D eigenvalue weighted by Crippen LogP contribution is -2.83. The molecule has 26 heavy (non-hydrogen) atoms. The quantitative estimate of drug-likeness (QED) is 0.770. The van der Waals surface area contributed by atoms with Crippen LogP contribution in [-0.4, -0.2) is 25.9 Å². The van der Waals surface area contributed by atoms with Crippen LogP contribution in [0.3, 0.4) is 0 Å². The Morgan fingerprint density at radius 3 is 2.50 bits per heavy atom. The van der Waals surface area contributed by atoms with Gasteiger partial charge in [-0.2, -0.15) is 0 Å². The van der Waals surface area contributed by atoms with Crippen molar-refractivity contribution in [2.24, 2.45) is 0 Å². The first-order valence-corrected chi connectivity index (χ1v) is 9.68. The minimum Gasteiger partial charge on any atom is -0.496 e. The smallest absolute Gasteiger partial charge is 0.122 e. The van der Waals surface area contributed by atoms with Gasteiger partial charge in [0.2, 0.25) is 0 Å². The summed E-state index contributed by atoms with van der Waals surface area (Å²) in [6.45, 7) is 7.36. The zero-order chi connectivity index (χ0) is 18.5. The van der Waals surface area contributed by atoms with Crippen LogP contribution in [0.2, 0.25) is 0 Å². The number of hydrogen-bond donors (Lipinski definition) is 1. The summed E-state index contributed by atoms with van der Waals surface area (Å²) in [6.07, 6.45) is 3.21. The van der Waals surface area contributed by atoms with Crippen molar-refractivity contribution < 1.29 is 14.8 Å². The number of rotatable bonds is 7. The molecule has 1 aliphatic rings. The number of benzene rings is 2. The maximum Gasteiger partial charge on any atom is 0.122 e. The van der Waals surface area contributed by atoms with Gasteiger partial charge in [0.25, 0.3) is 0 Å². The topological polar surface area (TPSA) is 35.1 Å². The van der Waals surface area contributed by atoms with Crippen LogP contribution in [0.4, 0.5) is 0 Å². The first-order chi connectivity index (χ1) is 12.5. The molecule has 2 aromatic carbocycles. The molecule has 0 amide bonds. The van der Waals surface area contributed by atoms with Gasteiger partial charge in [0.15, 0.2) is 0 Å². The van der Waals surface area contributed by atoms with Crippen molar-refractivity contribution in [3.05, 3.63) is 65.7 Å². The number of ether oxygens (including phenoxy) is 2. The molecule has 0 radical (unpaired) electrons. The molecule has 3 nitrogen and oxygen atoms in total. The van der Waals surface area contributed by atoms with Crippen molar-refractivity contribution in [3.63, 3.8) is 0 Å². The lowest BCUT2D eigenvalue weighted by molar-refractivity contribution is -0.672. The minimum absolute atomic E-state index is 0.0987. The van der Waals surface area contributed by atoms with Gasteiger partial charge in [-0.25, -0.2) is 0 Å². The molecule has 1 heterocycles. The van der Waals surface area contributed by atoms with Gasteiger partial charge < -0.3 is 14.8 Å². The van der Waals surface area contributed by atoms with Gasteiger partial charge in [0.05, 0.1) is 19.3 Å². The van der Waals surface area contributed by atoms with Crippen molar-refractivity contribution in [3.8, 4) is 5.75 Å². The lowest BCUT2D eigenvalue weighted by atomic mass is 9.67. The molecule has 2 N–H and O–H groups in total. The van der Waals surface area contributed by atoms with E-state index in [1.807, 2.05) is 0 Å². The largest absolute Gasteiger partial charge is 0.496 e. The molecule has 0 spiro atoms. The minimum atomic E-state index is -0.0987. The molecule has 0 aliphatic carbocycles. The molecular weight excluding hydrogens is 322 g/mol. The van der Waals surface area contributed by atoms with E-state index in [0.29, 0.717) is 0 Å². The van der Waals surface area contributed by atoms with Gasteiger partial charge in [-0.05, 0) is 32.8 Å². The Labute approximate surface area is 157 Å². The maximum atomic E-state index is 6.04. The van der Waals surface area contributed by atoms with E-state index in [9.17, 15) is 0 Å². The van der Waals surface area contributed by atoms with E-state index in [0.717, 1.165) is 44.7 Å². The van der Waals surface area contributed by atoms with Gasteiger partial charge in [-0.3, -0.25) is 0 Å². The lowest BCUT2D eigenvalue weighted by Gasteiger charge is -2.45. The van der Waals surface area contributed by atoms with E-state index in [1.54, 1.807) is 7.11 Å². The van der Waals surface area contributed by atoms with Crippen LogP contribution >= 0.6 is 0 Å². The van der Waals surface area contributed by atoms with E-state index < -0.39 is 0 Å². The summed E-state index contributed by atoms with van der Waals surface area (Å²) in [7, 11) is 1.78. The highest BCUT2D eigenvalue weighted by Crippen LogP contribution is 2.46. The first kappa shape index (κ1) is 18.9. The Balaban J connectivity index is 1.75. The summed E-state index contributed by atoms with van der Waals surface area (Å²) in [5.74, 6) is 1.01. The third kappa shape index (κ3) is 4.46. The third-order valence-electron chi connectivity index (χ3n) is 5.57. The molecule has 0 aromatic heterocycles. The van der Waals surface area contributed by atoms with Crippen molar-refractivity contribution in [1.29, 1.82) is 0 Å². The van der Waals surface area contributed by atoms with Gasteiger partial charge in [-0.15, -0.1) is 0 Å². The van der Waals surface area contributed by atoms with Crippen LogP contribution in [0.5, 0.6) is 5.75 Å². The first-order valence-electron chi connectivity index (χ1n) is 9.68. The zero-order valence-corrected chi connectivity index (χ0v) is 16.3. The molecule has 0 bridgehead atoms. The average molecular weight is 355 g/mol. The highest BCUT2D eigenvalue weighted by Gasteiger charge is 2.43. The fourth-order valence-corrected chi connectivity index (χ4v) is 4.40. The molecule has 140 valence electrons. The summed E-state index contributed by atoms with van der Waals surface area (Å²) in [5, 5.41) is 2.43.